The summed E-state index contributed by atoms with van der Waals surface area (Å²) in [4.78, 5) is 17.6. The molecule has 0 bridgehead atoms. The Morgan fingerprint density at radius 2 is 1.93 bits per heavy atom. The van der Waals surface area contributed by atoms with Crippen molar-refractivity contribution in [3.8, 4) is 34.2 Å². The zero-order valence-corrected chi connectivity index (χ0v) is 24.5. The average Bonchev–Trinajstić information content (AvgIpc) is 2.99. The van der Waals surface area contributed by atoms with E-state index in [0.717, 1.165) is 47.0 Å². The maximum Gasteiger partial charge on any atom is 0.316 e. The van der Waals surface area contributed by atoms with Crippen LogP contribution in [0.25, 0.3) is 22.4 Å². The summed E-state index contributed by atoms with van der Waals surface area (Å²) in [6.07, 6.45) is 2.75. The molecule has 0 N–H and O–H groups in total. The van der Waals surface area contributed by atoms with Gasteiger partial charge in [0.05, 0.1) is 43.1 Å². The minimum Gasteiger partial charge on any atom is -0.497 e. The summed E-state index contributed by atoms with van der Waals surface area (Å²) in [6.45, 7) is 6.11. The molecule has 0 amide bonds. The Bertz CT molecular complexity index is 1320. The van der Waals surface area contributed by atoms with Gasteiger partial charge in [0.15, 0.2) is 0 Å². The highest BCUT2D eigenvalue weighted by Crippen LogP contribution is 2.34. The summed E-state index contributed by atoms with van der Waals surface area (Å²) in [7, 11) is 0.484. The Hall–Kier alpha value is -3.45. The Morgan fingerprint density at radius 3 is 2.58 bits per heavy atom. The number of benzene rings is 2. The van der Waals surface area contributed by atoms with Crippen molar-refractivity contribution in [1.82, 2.24) is 4.98 Å². The lowest BCUT2D eigenvalue weighted by Crippen LogP contribution is -2.30. The van der Waals surface area contributed by atoms with Crippen LogP contribution in [0.3, 0.4) is 0 Å². The van der Waals surface area contributed by atoms with Gasteiger partial charge in [0, 0.05) is 27.7 Å². The molecule has 1 heterocycles. The second kappa shape index (κ2) is 16.6. The van der Waals surface area contributed by atoms with E-state index in [-0.39, 0.29) is 18.1 Å². The molecule has 0 fully saturated rings. The predicted molar refractivity (Wildman–Crippen MR) is 161 cm³/mol. The number of nitrogens with zero attached hydrogens (tertiary/aromatic N) is 2. The maximum atomic E-state index is 12.9. The lowest BCUT2D eigenvalue weighted by atomic mass is 9.99. The van der Waals surface area contributed by atoms with Gasteiger partial charge < -0.3 is 14.2 Å². The highest BCUT2D eigenvalue weighted by atomic mass is 32.2. The first-order valence-corrected chi connectivity index (χ1v) is 15.5. The smallest absolute Gasteiger partial charge is 0.316 e. The van der Waals surface area contributed by atoms with Crippen molar-refractivity contribution in [2.75, 3.05) is 37.6 Å². The number of methoxy groups -OCH3 is 1. The van der Waals surface area contributed by atoms with Crippen molar-refractivity contribution in [3.05, 3.63) is 78.9 Å². The number of hydrogen-bond acceptors (Lipinski definition) is 8. The first-order chi connectivity index (χ1) is 19.5. The molecule has 3 aromatic rings. The van der Waals surface area contributed by atoms with E-state index in [2.05, 4.69) is 12.6 Å². The number of ether oxygens (including phenoxy) is 3. The molecule has 9 heteroatoms. The Kier molecular flexibility index (Phi) is 12.9. The molecule has 210 valence electrons. The van der Waals surface area contributed by atoms with Gasteiger partial charge in [-0.1, -0.05) is 61.5 Å². The number of carbonyl (C=O) groups is 1. The van der Waals surface area contributed by atoms with Crippen LogP contribution in [0, 0.1) is 11.3 Å². The number of nitriles is 1. The van der Waals surface area contributed by atoms with Gasteiger partial charge in [-0.25, -0.2) is 4.98 Å². The second-order valence-electron chi connectivity index (χ2n) is 8.83. The van der Waals surface area contributed by atoms with E-state index < -0.39 is 22.9 Å². The Balaban J connectivity index is 1.84. The molecule has 0 aliphatic carbocycles. The van der Waals surface area contributed by atoms with Gasteiger partial charge in [0.1, 0.15) is 22.9 Å². The van der Waals surface area contributed by atoms with Gasteiger partial charge in [-0.15, -0.1) is 6.58 Å². The SMILES string of the molecule is C=CCOCC(CS(=O)CCCC)OC(=O)CSc1nc(-c2ccc(OC)cc2)cc(-c2ccccc2)c1C#N. The third kappa shape index (κ3) is 9.33. The molecule has 2 aromatic carbocycles. The highest BCUT2D eigenvalue weighted by molar-refractivity contribution is 8.00. The number of aromatic nitrogens is 1. The monoisotopic (exact) mass is 578 g/mol. The topological polar surface area (TPSA) is 98.5 Å². The van der Waals surface area contributed by atoms with Crippen molar-refractivity contribution in [2.45, 2.75) is 30.9 Å². The fraction of sp³-hybridized carbons (Fsp3) is 0.323. The van der Waals surface area contributed by atoms with E-state index >= 15 is 0 Å². The van der Waals surface area contributed by atoms with Crippen LogP contribution < -0.4 is 4.74 Å². The summed E-state index contributed by atoms with van der Waals surface area (Å²) in [5.41, 5.74) is 3.49. The van der Waals surface area contributed by atoms with Gasteiger partial charge in [-0.2, -0.15) is 5.26 Å². The second-order valence-corrected chi connectivity index (χ2v) is 11.4. The van der Waals surface area contributed by atoms with Crippen LogP contribution in [-0.2, 0) is 25.1 Å². The van der Waals surface area contributed by atoms with Crippen LogP contribution in [0.4, 0.5) is 0 Å². The van der Waals surface area contributed by atoms with Crippen molar-refractivity contribution < 1.29 is 23.2 Å². The third-order valence-corrected chi connectivity index (χ3v) is 8.27. The van der Waals surface area contributed by atoms with Crippen molar-refractivity contribution >= 4 is 28.5 Å². The van der Waals surface area contributed by atoms with E-state index in [4.69, 9.17) is 19.2 Å². The molecule has 0 saturated carbocycles. The predicted octanol–water partition coefficient (Wildman–Crippen LogP) is 6.05. The maximum absolute atomic E-state index is 12.9. The molecule has 2 unspecified atom stereocenters. The van der Waals surface area contributed by atoms with E-state index in [1.54, 1.807) is 13.2 Å². The normalized spacial score (nSPS) is 12.2. The molecule has 0 radical (unpaired) electrons. The average molecular weight is 579 g/mol. The van der Waals surface area contributed by atoms with Gasteiger partial charge in [-0.3, -0.25) is 9.00 Å². The summed E-state index contributed by atoms with van der Waals surface area (Å²) in [5.74, 6) is 0.921. The van der Waals surface area contributed by atoms with Gasteiger partial charge in [0.2, 0.25) is 0 Å². The van der Waals surface area contributed by atoms with Crippen molar-refractivity contribution in [1.29, 1.82) is 5.26 Å². The molecule has 0 spiro atoms. The standard InChI is InChI=1S/C31H34N2O5S2/c1-4-6-17-40(35)22-26(20-37-16-5-2)38-30(34)21-39-31-28(19-32)27(23-10-8-7-9-11-23)18-29(33-31)24-12-14-25(36-3)15-13-24/h5,7-15,18,26H,2,4,6,16-17,20-22H2,1,3H3. The van der Waals surface area contributed by atoms with Gasteiger partial charge in [-0.05, 0) is 42.3 Å². The van der Waals surface area contributed by atoms with E-state index in [9.17, 15) is 14.3 Å². The molecule has 0 aliphatic rings. The first kappa shape index (κ1) is 31.1. The lowest BCUT2D eigenvalue weighted by molar-refractivity contribution is -0.147. The zero-order valence-electron chi connectivity index (χ0n) is 22.8. The molecule has 0 aliphatic heterocycles. The Labute approximate surface area is 243 Å². The fourth-order valence-electron chi connectivity index (χ4n) is 3.83. The minimum absolute atomic E-state index is 0.0679. The van der Waals surface area contributed by atoms with Crippen molar-refractivity contribution in [2.24, 2.45) is 0 Å². The number of thioether (sulfide) groups is 1. The van der Waals surface area contributed by atoms with E-state index in [1.807, 2.05) is 67.6 Å². The molecule has 3 rings (SSSR count). The number of hydrogen-bond donors (Lipinski definition) is 0. The highest BCUT2D eigenvalue weighted by Gasteiger charge is 2.21. The summed E-state index contributed by atoms with van der Waals surface area (Å²) < 4.78 is 28.9. The summed E-state index contributed by atoms with van der Waals surface area (Å²) >= 11 is 1.14. The summed E-state index contributed by atoms with van der Waals surface area (Å²) in [6, 6.07) is 21.3. The van der Waals surface area contributed by atoms with Crippen LogP contribution in [0.15, 0.2) is 78.3 Å². The van der Waals surface area contributed by atoms with Crippen LogP contribution in [0.2, 0.25) is 0 Å². The first-order valence-electron chi connectivity index (χ1n) is 13.0. The quantitative estimate of drug-likeness (QED) is 0.0877. The Morgan fingerprint density at radius 1 is 1.18 bits per heavy atom. The number of rotatable bonds is 16. The molecule has 2 atom stereocenters. The zero-order chi connectivity index (χ0) is 28.7. The van der Waals surface area contributed by atoms with Crippen LogP contribution in [0.1, 0.15) is 25.3 Å². The summed E-state index contributed by atoms with van der Waals surface area (Å²) in [5, 5.41) is 10.5. The van der Waals surface area contributed by atoms with Gasteiger partial charge in [0.25, 0.3) is 0 Å². The lowest BCUT2D eigenvalue weighted by Gasteiger charge is -2.18. The van der Waals surface area contributed by atoms with E-state index in [1.165, 1.54) is 0 Å². The fourth-order valence-corrected chi connectivity index (χ4v) is 5.97. The number of esters is 1. The number of unbranched alkanes of at least 4 members (excludes halogenated alkanes) is 1. The molecular weight excluding hydrogens is 544 g/mol. The third-order valence-electron chi connectivity index (χ3n) is 5.83. The van der Waals surface area contributed by atoms with Crippen LogP contribution >= 0.6 is 11.8 Å². The molecule has 40 heavy (non-hydrogen) atoms. The number of carbonyl (C=O) groups excluding carboxylic acids is 1. The van der Waals surface area contributed by atoms with Crippen LogP contribution in [-0.4, -0.2) is 58.8 Å². The molecular formula is C31H34N2O5S2. The number of pyridine rings is 1. The van der Waals surface area contributed by atoms with Gasteiger partial charge >= 0.3 is 5.97 Å². The van der Waals surface area contributed by atoms with E-state index in [0.29, 0.717) is 28.6 Å². The largest absolute Gasteiger partial charge is 0.497 e. The van der Waals surface area contributed by atoms with Crippen LogP contribution in [0.5, 0.6) is 5.75 Å². The molecule has 7 nitrogen and oxygen atoms in total. The van der Waals surface area contributed by atoms with Crippen molar-refractivity contribution in [3.63, 3.8) is 0 Å². The minimum atomic E-state index is -1.12. The molecule has 1 aromatic heterocycles. The molecule has 0 saturated heterocycles.